The number of carbonyl (C=O) groups excluding carboxylic acids is 1. The molecule has 2 aromatic rings. The highest BCUT2D eigenvalue weighted by Crippen LogP contribution is 2.07. The molecule has 0 aliphatic heterocycles. The summed E-state index contributed by atoms with van der Waals surface area (Å²) in [6, 6.07) is 1.54. The molecular formula is C8H7N3O3. The summed E-state index contributed by atoms with van der Waals surface area (Å²) in [7, 11) is 0. The Morgan fingerprint density at radius 1 is 1.57 bits per heavy atom. The molecule has 0 spiro atoms. The van der Waals surface area contributed by atoms with Gasteiger partial charge in [-0.2, -0.15) is 0 Å². The number of hydrogen-bond acceptors (Lipinski definition) is 5. The van der Waals surface area contributed by atoms with E-state index in [1.807, 2.05) is 0 Å². The number of amides is 1. The van der Waals surface area contributed by atoms with Crippen LogP contribution in [0, 0.1) is 6.92 Å². The van der Waals surface area contributed by atoms with Gasteiger partial charge in [0.1, 0.15) is 17.7 Å². The maximum atomic E-state index is 11.4. The molecule has 14 heavy (non-hydrogen) atoms. The molecule has 0 saturated heterocycles. The van der Waals surface area contributed by atoms with E-state index >= 15 is 0 Å². The summed E-state index contributed by atoms with van der Waals surface area (Å²) in [5, 5.41) is 9.53. The van der Waals surface area contributed by atoms with Gasteiger partial charge in [0.05, 0.1) is 6.20 Å². The SMILES string of the molecule is Cc1cc(C(=O)Nc2cnoc2)no1. The van der Waals surface area contributed by atoms with Gasteiger partial charge in [0, 0.05) is 6.07 Å². The van der Waals surface area contributed by atoms with Crippen molar-refractivity contribution >= 4 is 11.6 Å². The smallest absolute Gasteiger partial charge is 0.277 e. The third-order valence-electron chi connectivity index (χ3n) is 1.55. The molecule has 0 radical (unpaired) electrons. The van der Waals surface area contributed by atoms with Crippen LogP contribution in [0.25, 0.3) is 0 Å². The van der Waals surface area contributed by atoms with E-state index in [0.717, 1.165) is 0 Å². The van der Waals surface area contributed by atoms with Gasteiger partial charge >= 0.3 is 0 Å². The molecule has 0 atom stereocenters. The van der Waals surface area contributed by atoms with Crippen molar-refractivity contribution in [1.29, 1.82) is 0 Å². The summed E-state index contributed by atoms with van der Waals surface area (Å²) >= 11 is 0. The first kappa shape index (κ1) is 8.49. The maximum absolute atomic E-state index is 11.4. The Kier molecular flexibility index (Phi) is 2.02. The molecule has 0 fully saturated rings. The minimum Gasteiger partial charge on any atom is -0.363 e. The van der Waals surface area contributed by atoms with Crippen molar-refractivity contribution in [3.8, 4) is 0 Å². The van der Waals surface area contributed by atoms with Crippen LogP contribution in [0.1, 0.15) is 16.2 Å². The lowest BCUT2D eigenvalue weighted by atomic mass is 10.3. The fraction of sp³-hybridized carbons (Fsp3) is 0.125. The summed E-state index contributed by atoms with van der Waals surface area (Å²) in [4.78, 5) is 11.4. The van der Waals surface area contributed by atoms with Crippen molar-refractivity contribution in [2.24, 2.45) is 0 Å². The number of aryl methyl sites for hydroxylation is 1. The molecule has 72 valence electrons. The summed E-state index contributed by atoms with van der Waals surface area (Å²) < 4.78 is 9.30. The number of carbonyl (C=O) groups is 1. The Labute approximate surface area is 78.9 Å². The zero-order chi connectivity index (χ0) is 9.97. The summed E-state index contributed by atoms with van der Waals surface area (Å²) in [6.45, 7) is 1.71. The van der Waals surface area contributed by atoms with Crippen LogP contribution in [0.15, 0.2) is 27.6 Å². The number of rotatable bonds is 2. The minimum atomic E-state index is -0.356. The van der Waals surface area contributed by atoms with Gasteiger partial charge in [-0.15, -0.1) is 0 Å². The average molecular weight is 193 g/mol. The quantitative estimate of drug-likeness (QED) is 0.775. The van der Waals surface area contributed by atoms with Crippen LogP contribution in [0.2, 0.25) is 0 Å². The van der Waals surface area contributed by atoms with E-state index in [2.05, 4.69) is 20.2 Å². The zero-order valence-corrected chi connectivity index (χ0v) is 7.35. The van der Waals surface area contributed by atoms with Crippen molar-refractivity contribution < 1.29 is 13.8 Å². The third kappa shape index (κ3) is 1.63. The van der Waals surface area contributed by atoms with Crippen LogP contribution >= 0.6 is 0 Å². The predicted octanol–water partition coefficient (Wildman–Crippen LogP) is 1.22. The first-order valence-electron chi connectivity index (χ1n) is 3.90. The normalized spacial score (nSPS) is 10.1. The largest absolute Gasteiger partial charge is 0.363 e. The number of nitrogens with zero attached hydrogens (tertiary/aromatic N) is 2. The van der Waals surface area contributed by atoms with Gasteiger partial charge < -0.3 is 14.4 Å². The number of anilines is 1. The van der Waals surface area contributed by atoms with Crippen molar-refractivity contribution in [2.45, 2.75) is 6.92 Å². The van der Waals surface area contributed by atoms with Crippen LogP contribution in [-0.2, 0) is 0 Å². The molecule has 2 aromatic heterocycles. The van der Waals surface area contributed by atoms with E-state index in [1.165, 1.54) is 12.5 Å². The summed E-state index contributed by atoms with van der Waals surface area (Å²) in [5.41, 5.74) is 0.708. The van der Waals surface area contributed by atoms with Gasteiger partial charge in [-0.25, -0.2) is 0 Å². The monoisotopic (exact) mass is 193 g/mol. The molecular weight excluding hydrogens is 186 g/mol. The molecule has 2 rings (SSSR count). The predicted molar refractivity (Wildman–Crippen MR) is 45.7 cm³/mol. The maximum Gasteiger partial charge on any atom is 0.277 e. The molecule has 0 unspecified atom stereocenters. The minimum absolute atomic E-state index is 0.226. The van der Waals surface area contributed by atoms with Gasteiger partial charge in [-0.1, -0.05) is 10.3 Å². The van der Waals surface area contributed by atoms with Gasteiger partial charge in [0.2, 0.25) is 0 Å². The average Bonchev–Trinajstić information content (AvgIpc) is 2.75. The van der Waals surface area contributed by atoms with E-state index in [1.54, 1.807) is 13.0 Å². The first-order valence-corrected chi connectivity index (χ1v) is 3.90. The van der Waals surface area contributed by atoms with Crippen molar-refractivity contribution in [2.75, 3.05) is 5.32 Å². The number of nitrogens with one attached hydrogen (secondary N) is 1. The molecule has 6 heteroatoms. The molecule has 1 amide bonds. The van der Waals surface area contributed by atoms with Crippen LogP contribution < -0.4 is 5.32 Å². The van der Waals surface area contributed by atoms with Gasteiger partial charge in [0.15, 0.2) is 5.69 Å². The van der Waals surface area contributed by atoms with Crippen molar-refractivity contribution in [3.05, 3.63) is 30.0 Å². The van der Waals surface area contributed by atoms with E-state index in [0.29, 0.717) is 11.4 Å². The second kappa shape index (κ2) is 3.33. The van der Waals surface area contributed by atoms with E-state index in [9.17, 15) is 4.79 Å². The third-order valence-corrected chi connectivity index (χ3v) is 1.55. The van der Waals surface area contributed by atoms with Gasteiger partial charge in [0.25, 0.3) is 5.91 Å². The molecule has 0 aliphatic rings. The highest BCUT2D eigenvalue weighted by atomic mass is 16.5. The lowest BCUT2D eigenvalue weighted by molar-refractivity contribution is 0.101. The van der Waals surface area contributed by atoms with Gasteiger partial charge in [-0.3, -0.25) is 4.79 Å². The molecule has 0 bridgehead atoms. The Bertz CT molecular complexity index is 432. The van der Waals surface area contributed by atoms with Gasteiger partial charge in [-0.05, 0) is 6.92 Å². The van der Waals surface area contributed by atoms with E-state index in [4.69, 9.17) is 4.52 Å². The first-order chi connectivity index (χ1) is 6.75. The molecule has 2 heterocycles. The second-order valence-corrected chi connectivity index (χ2v) is 2.69. The van der Waals surface area contributed by atoms with Crippen LogP contribution in [0.5, 0.6) is 0 Å². The highest BCUT2D eigenvalue weighted by Gasteiger charge is 2.11. The standard InChI is InChI=1S/C8H7N3O3/c1-5-2-7(11-14-5)8(12)10-6-3-9-13-4-6/h2-4H,1H3,(H,10,12). The Balaban J connectivity index is 2.10. The van der Waals surface area contributed by atoms with Crippen LogP contribution in [-0.4, -0.2) is 16.2 Å². The fourth-order valence-electron chi connectivity index (χ4n) is 0.935. The van der Waals surface area contributed by atoms with E-state index < -0.39 is 0 Å². The molecule has 0 saturated carbocycles. The lowest BCUT2D eigenvalue weighted by Crippen LogP contribution is -2.11. The van der Waals surface area contributed by atoms with Crippen LogP contribution in [0.3, 0.4) is 0 Å². The summed E-state index contributed by atoms with van der Waals surface area (Å²) in [6.07, 6.45) is 2.72. The Morgan fingerprint density at radius 2 is 2.43 bits per heavy atom. The highest BCUT2D eigenvalue weighted by molar-refractivity contribution is 6.02. The van der Waals surface area contributed by atoms with E-state index in [-0.39, 0.29) is 11.6 Å². The second-order valence-electron chi connectivity index (χ2n) is 2.69. The Hall–Kier alpha value is -2.11. The molecule has 0 aromatic carbocycles. The van der Waals surface area contributed by atoms with Crippen molar-refractivity contribution in [1.82, 2.24) is 10.3 Å². The molecule has 0 aliphatic carbocycles. The summed E-state index contributed by atoms with van der Waals surface area (Å²) in [5.74, 6) is 0.227. The topological polar surface area (TPSA) is 81.2 Å². The fourth-order valence-corrected chi connectivity index (χ4v) is 0.935. The van der Waals surface area contributed by atoms with Crippen molar-refractivity contribution in [3.63, 3.8) is 0 Å². The van der Waals surface area contributed by atoms with Crippen LogP contribution in [0.4, 0.5) is 5.69 Å². The molecule has 1 N–H and O–H groups in total. The lowest BCUT2D eigenvalue weighted by Gasteiger charge is -1.94. The zero-order valence-electron chi connectivity index (χ0n) is 7.35. The number of aromatic nitrogens is 2. The molecule has 6 nitrogen and oxygen atoms in total. The number of hydrogen-bond donors (Lipinski definition) is 1. The Morgan fingerprint density at radius 3 is 3.00 bits per heavy atom.